The van der Waals surface area contributed by atoms with Crippen LogP contribution in [0.2, 0.25) is 0 Å². The normalized spacial score (nSPS) is 23.1. The zero-order valence-corrected chi connectivity index (χ0v) is 17.9. The van der Waals surface area contributed by atoms with Crippen molar-refractivity contribution in [3.63, 3.8) is 0 Å². The molecular weight excluding hydrogens is 439 g/mol. The highest BCUT2D eigenvalue weighted by Crippen LogP contribution is 2.29. The van der Waals surface area contributed by atoms with Gasteiger partial charge in [0.15, 0.2) is 0 Å². The Morgan fingerprint density at radius 3 is 2.68 bits per heavy atom. The molecule has 5 rings (SSSR count). The molecule has 9 nitrogen and oxygen atoms in total. The fourth-order valence-electron chi connectivity index (χ4n) is 4.15. The van der Waals surface area contributed by atoms with E-state index in [-0.39, 0.29) is 30.1 Å². The Balaban J connectivity index is 1.20. The molecule has 2 fully saturated rings. The molecule has 10 heteroatoms. The van der Waals surface area contributed by atoms with E-state index in [9.17, 15) is 9.18 Å². The molecule has 34 heavy (non-hydrogen) atoms. The van der Waals surface area contributed by atoms with Gasteiger partial charge < -0.3 is 25.4 Å². The molecule has 1 aromatic heterocycles. The van der Waals surface area contributed by atoms with Gasteiger partial charge in [-0.05, 0) is 36.4 Å². The lowest BCUT2D eigenvalue weighted by molar-refractivity contribution is 0.0683. The molecule has 2 amide bonds. The van der Waals surface area contributed by atoms with Crippen molar-refractivity contribution >= 4 is 17.7 Å². The number of fused-ring (bicyclic) bond motifs is 1. The minimum absolute atomic E-state index is 0.213. The summed E-state index contributed by atoms with van der Waals surface area (Å²) in [5, 5.41) is 17.8. The molecule has 0 unspecified atom stereocenters. The van der Waals surface area contributed by atoms with Gasteiger partial charge in [-0.25, -0.2) is 19.2 Å². The van der Waals surface area contributed by atoms with E-state index in [1.165, 1.54) is 12.1 Å². The Morgan fingerprint density at radius 1 is 1.06 bits per heavy atom. The maximum Gasteiger partial charge on any atom is 0.319 e. The van der Waals surface area contributed by atoms with Crippen LogP contribution in [0.1, 0.15) is 5.56 Å². The first kappa shape index (κ1) is 21.8. The van der Waals surface area contributed by atoms with E-state index in [2.05, 4.69) is 25.9 Å². The number of nitrogens with zero attached hydrogens (tertiary/aromatic N) is 3. The summed E-state index contributed by atoms with van der Waals surface area (Å²) in [4.78, 5) is 21.2. The summed E-state index contributed by atoms with van der Waals surface area (Å²) in [5.41, 5.74) is 2.23. The van der Waals surface area contributed by atoms with Crippen molar-refractivity contribution in [3.8, 4) is 17.3 Å². The van der Waals surface area contributed by atoms with Crippen LogP contribution in [0, 0.1) is 17.1 Å². The van der Waals surface area contributed by atoms with E-state index in [1.54, 1.807) is 48.7 Å². The third kappa shape index (κ3) is 4.66. The van der Waals surface area contributed by atoms with Gasteiger partial charge in [-0.3, -0.25) is 0 Å². The number of nitrogens with one attached hydrogen (secondary N) is 3. The standard InChI is InChI=1S/C24H21FN6O3/c25-16-5-2-4-15(10-16)18-7-8-27-23(29-18)30-19-12-33-22-20(13-34-21(19)22)31-24(32)28-17-6-1-3-14(9-17)11-26/h1-10,19-22H,12-13H2,(H,27,29,30)(H2,28,31,32)/t19-,20-,21+,22+/m0/s1. The molecule has 3 aromatic rings. The van der Waals surface area contributed by atoms with Gasteiger partial charge in [0.2, 0.25) is 5.95 Å². The molecule has 0 saturated carbocycles. The summed E-state index contributed by atoms with van der Waals surface area (Å²) in [6.07, 6.45) is 0.975. The second kappa shape index (κ2) is 9.43. The van der Waals surface area contributed by atoms with Crippen molar-refractivity contribution in [1.82, 2.24) is 15.3 Å². The van der Waals surface area contributed by atoms with Gasteiger partial charge in [0.05, 0.1) is 42.6 Å². The predicted molar refractivity (Wildman–Crippen MR) is 121 cm³/mol. The third-order valence-corrected chi connectivity index (χ3v) is 5.71. The average Bonchev–Trinajstić information content (AvgIpc) is 3.42. The number of urea groups is 1. The first-order valence-electron chi connectivity index (χ1n) is 10.8. The number of hydrogen-bond acceptors (Lipinski definition) is 7. The maximum atomic E-state index is 13.6. The lowest BCUT2D eigenvalue weighted by atomic mass is 10.1. The highest BCUT2D eigenvalue weighted by Gasteiger charge is 2.48. The van der Waals surface area contributed by atoms with Crippen molar-refractivity contribution in [2.24, 2.45) is 0 Å². The molecule has 0 aliphatic carbocycles. The van der Waals surface area contributed by atoms with Crippen LogP contribution in [0.4, 0.5) is 20.8 Å². The van der Waals surface area contributed by atoms with Crippen molar-refractivity contribution < 1.29 is 18.7 Å². The molecule has 2 aromatic carbocycles. The SMILES string of the molecule is N#Cc1cccc(NC(=O)N[C@H]2CO[C@H]3[C@@H]2OC[C@@H]3Nc2nccc(-c3cccc(F)c3)n2)c1. The molecule has 172 valence electrons. The summed E-state index contributed by atoms with van der Waals surface area (Å²) >= 11 is 0. The number of halogens is 1. The predicted octanol–water partition coefficient (Wildman–Crippen LogP) is 2.92. The third-order valence-electron chi connectivity index (χ3n) is 5.71. The molecule has 4 atom stereocenters. The lowest BCUT2D eigenvalue weighted by Crippen LogP contribution is -2.46. The van der Waals surface area contributed by atoms with E-state index >= 15 is 0 Å². The number of carbonyl (C=O) groups excluding carboxylic acids is 1. The Bertz CT molecular complexity index is 1250. The van der Waals surface area contributed by atoms with Gasteiger partial charge >= 0.3 is 6.03 Å². The molecule has 2 aliphatic heterocycles. The van der Waals surface area contributed by atoms with Crippen LogP contribution in [0.5, 0.6) is 0 Å². The summed E-state index contributed by atoms with van der Waals surface area (Å²) in [5.74, 6) is 0.0449. The second-order valence-electron chi connectivity index (χ2n) is 8.02. The lowest BCUT2D eigenvalue weighted by Gasteiger charge is -2.18. The second-order valence-corrected chi connectivity index (χ2v) is 8.02. The quantitative estimate of drug-likeness (QED) is 0.535. The summed E-state index contributed by atoms with van der Waals surface area (Å²) < 4.78 is 25.4. The average molecular weight is 460 g/mol. The van der Waals surface area contributed by atoms with Gasteiger partial charge in [0.25, 0.3) is 0 Å². The first-order valence-corrected chi connectivity index (χ1v) is 10.8. The van der Waals surface area contributed by atoms with Crippen LogP contribution in [-0.2, 0) is 9.47 Å². The number of ether oxygens (including phenoxy) is 2. The number of nitriles is 1. The topological polar surface area (TPSA) is 121 Å². The number of rotatable bonds is 5. The zero-order chi connectivity index (χ0) is 23.5. The minimum atomic E-state index is -0.407. The monoisotopic (exact) mass is 460 g/mol. The molecule has 0 bridgehead atoms. The van der Waals surface area contributed by atoms with Crippen LogP contribution in [0.25, 0.3) is 11.3 Å². The number of benzene rings is 2. The van der Waals surface area contributed by atoms with Gasteiger partial charge in [-0.15, -0.1) is 0 Å². The fraction of sp³-hybridized carbons (Fsp3) is 0.250. The Hall–Kier alpha value is -4.07. The maximum absolute atomic E-state index is 13.6. The Kier molecular flexibility index (Phi) is 6.03. The Morgan fingerprint density at radius 2 is 1.85 bits per heavy atom. The molecule has 3 N–H and O–H groups in total. The van der Waals surface area contributed by atoms with Crippen LogP contribution in [0.15, 0.2) is 60.8 Å². The number of carbonyl (C=O) groups is 1. The first-order chi connectivity index (χ1) is 16.6. The highest BCUT2D eigenvalue weighted by molar-refractivity contribution is 5.89. The Labute approximate surface area is 194 Å². The van der Waals surface area contributed by atoms with E-state index in [0.29, 0.717) is 41.7 Å². The fourth-order valence-corrected chi connectivity index (χ4v) is 4.15. The summed E-state index contributed by atoms with van der Waals surface area (Å²) in [6, 6.07) is 15.7. The number of hydrogen-bond donors (Lipinski definition) is 3. The van der Waals surface area contributed by atoms with Crippen LogP contribution in [-0.4, -0.2) is 53.5 Å². The van der Waals surface area contributed by atoms with E-state index in [0.717, 1.165) is 0 Å². The summed E-state index contributed by atoms with van der Waals surface area (Å²) in [7, 11) is 0. The van der Waals surface area contributed by atoms with E-state index < -0.39 is 6.03 Å². The van der Waals surface area contributed by atoms with Gasteiger partial charge in [-0.1, -0.05) is 18.2 Å². The smallest absolute Gasteiger partial charge is 0.319 e. The van der Waals surface area contributed by atoms with Gasteiger partial charge in [-0.2, -0.15) is 5.26 Å². The van der Waals surface area contributed by atoms with Crippen LogP contribution < -0.4 is 16.0 Å². The number of aromatic nitrogens is 2. The minimum Gasteiger partial charge on any atom is -0.371 e. The molecule has 2 aliphatic rings. The van der Waals surface area contributed by atoms with Crippen molar-refractivity contribution in [1.29, 1.82) is 5.26 Å². The largest absolute Gasteiger partial charge is 0.371 e. The van der Waals surface area contributed by atoms with Crippen LogP contribution in [0.3, 0.4) is 0 Å². The molecule has 2 saturated heterocycles. The summed E-state index contributed by atoms with van der Waals surface area (Å²) in [6.45, 7) is 0.649. The molecule has 0 radical (unpaired) electrons. The number of anilines is 2. The van der Waals surface area contributed by atoms with Crippen molar-refractivity contribution in [3.05, 3.63) is 72.2 Å². The van der Waals surface area contributed by atoms with E-state index in [1.807, 2.05) is 6.07 Å². The van der Waals surface area contributed by atoms with Crippen molar-refractivity contribution in [2.45, 2.75) is 24.3 Å². The molecule has 0 spiro atoms. The molecular formula is C24H21FN6O3. The highest BCUT2D eigenvalue weighted by atomic mass is 19.1. The van der Waals surface area contributed by atoms with Crippen molar-refractivity contribution in [2.75, 3.05) is 23.8 Å². The zero-order valence-electron chi connectivity index (χ0n) is 17.9. The van der Waals surface area contributed by atoms with Gasteiger partial charge in [0, 0.05) is 17.4 Å². The number of amides is 2. The van der Waals surface area contributed by atoms with Gasteiger partial charge in [0.1, 0.15) is 18.0 Å². The molecule has 3 heterocycles. The van der Waals surface area contributed by atoms with Crippen LogP contribution >= 0.6 is 0 Å². The van der Waals surface area contributed by atoms with E-state index in [4.69, 9.17) is 14.7 Å².